The van der Waals surface area contributed by atoms with Gasteiger partial charge in [-0.15, -0.1) is 0 Å². The van der Waals surface area contributed by atoms with Crippen molar-refractivity contribution in [2.75, 3.05) is 11.9 Å². The Bertz CT molecular complexity index is 281. The van der Waals surface area contributed by atoms with E-state index in [0.717, 1.165) is 12.4 Å². The molecule has 1 unspecified atom stereocenters. The summed E-state index contributed by atoms with van der Waals surface area (Å²) in [5.74, 6) is 0.941. The van der Waals surface area contributed by atoms with E-state index < -0.39 is 0 Å². The van der Waals surface area contributed by atoms with Crippen LogP contribution < -0.4 is 10.1 Å². The highest BCUT2D eigenvalue weighted by Crippen LogP contribution is 2.18. The lowest BCUT2D eigenvalue weighted by Gasteiger charge is -2.17. The summed E-state index contributed by atoms with van der Waals surface area (Å²) in [7, 11) is 0. The quantitative estimate of drug-likeness (QED) is 0.749. The Hall–Kier alpha value is -1.18. The summed E-state index contributed by atoms with van der Waals surface area (Å²) in [6.07, 6.45) is 3.62. The Morgan fingerprint density at radius 2 is 1.81 bits per heavy atom. The summed E-state index contributed by atoms with van der Waals surface area (Å²) >= 11 is 0. The molecule has 1 aromatic carbocycles. The molecule has 0 aliphatic carbocycles. The van der Waals surface area contributed by atoms with Gasteiger partial charge in [0.15, 0.2) is 0 Å². The number of hydrogen-bond donors (Lipinski definition) is 1. The third-order valence-electron chi connectivity index (χ3n) is 2.67. The number of rotatable bonds is 7. The monoisotopic (exact) mass is 221 g/mol. The molecule has 0 aliphatic heterocycles. The fourth-order valence-electron chi connectivity index (χ4n) is 1.78. The van der Waals surface area contributed by atoms with Gasteiger partial charge in [-0.3, -0.25) is 0 Å². The topological polar surface area (TPSA) is 21.3 Å². The lowest BCUT2D eigenvalue weighted by molar-refractivity contribution is 0.340. The van der Waals surface area contributed by atoms with Crippen LogP contribution >= 0.6 is 0 Å². The number of ether oxygens (including phenoxy) is 1. The van der Waals surface area contributed by atoms with Gasteiger partial charge in [-0.1, -0.05) is 20.3 Å². The summed E-state index contributed by atoms with van der Waals surface area (Å²) in [5.41, 5.74) is 1.18. The van der Waals surface area contributed by atoms with Crippen molar-refractivity contribution in [2.45, 2.75) is 46.1 Å². The highest BCUT2D eigenvalue weighted by Gasteiger charge is 2.04. The van der Waals surface area contributed by atoms with Crippen LogP contribution in [0.4, 0.5) is 5.69 Å². The number of anilines is 1. The van der Waals surface area contributed by atoms with Gasteiger partial charge in [0, 0.05) is 11.7 Å². The summed E-state index contributed by atoms with van der Waals surface area (Å²) in [4.78, 5) is 0. The molecule has 0 spiro atoms. The first-order valence-corrected chi connectivity index (χ1v) is 6.29. The molecule has 0 radical (unpaired) electrons. The normalized spacial score (nSPS) is 12.2. The van der Waals surface area contributed by atoms with Crippen LogP contribution in [0.25, 0.3) is 0 Å². The molecule has 2 heteroatoms. The van der Waals surface area contributed by atoms with Gasteiger partial charge in [-0.2, -0.15) is 0 Å². The fourth-order valence-corrected chi connectivity index (χ4v) is 1.78. The Morgan fingerprint density at radius 1 is 1.12 bits per heavy atom. The van der Waals surface area contributed by atoms with Crippen LogP contribution in [0.2, 0.25) is 0 Å². The Labute approximate surface area is 99.0 Å². The zero-order valence-corrected chi connectivity index (χ0v) is 10.6. The summed E-state index contributed by atoms with van der Waals surface area (Å²) < 4.78 is 5.41. The maximum atomic E-state index is 5.41. The summed E-state index contributed by atoms with van der Waals surface area (Å²) in [5, 5.41) is 3.54. The summed E-state index contributed by atoms with van der Waals surface area (Å²) in [6, 6.07) is 8.80. The van der Waals surface area contributed by atoms with Crippen LogP contribution in [-0.2, 0) is 0 Å². The van der Waals surface area contributed by atoms with Gasteiger partial charge in [0.2, 0.25) is 0 Å². The molecule has 0 fully saturated rings. The van der Waals surface area contributed by atoms with Crippen molar-refractivity contribution >= 4 is 5.69 Å². The Balaban J connectivity index is 2.53. The lowest BCUT2D eigenvalue weighted by atomic mass is 10.1. The van der Waals surface area contributed by atoms with E-state index in [1.54, 1.807) is 0 Å². The number of benzene rings is 1. The number of hydrogen-bond acceptors (Lipinski definition) is 2. The van der Waals surface area contributed by atoms with Crippen molar-refractivity contribution in [3.63, 3.8) is 0 Å². The molecule has 1 aromatic rings. The van der Waals surface area contributed by atoms with Gasteiger partial charge >= 0.3 is 0 Å². The molecule has 90 valence electrons. The minimum absolute atomic E-state index is 0.586. The van der Waals surface area contributed by atoms with E-state index in [1.807, 2.05) is 19.1 Å². The molecule has 1 rings (SSSR count). The zero-order chi connectivity index (χ0) is 11.8. The smallest absolute Gasteiger partial charge is 0.119 e. The van der Waals surface area contributed by atoms with Gasteiger partial charge in [-0.25, -0.2) is 0 Å². The van der Waals surface area contributed by atoms with Crippen LogP contribution in [0, 0.1) is 0 Å². The van der Waals surface area contributed by atoms with Crippen molar-refractivity contribution in [3.8, 4) is 5.75 Å². The Morgan fingerprint density at radius 3 is 2.31 bits per heavy atom. The van der Waals surface area contributed by atoms with Gasteiger partial charge < -0.3 is 10.1 Å². The Kier molecular flexibility index (Phi) is 5.76. The average Bonchev–Trinajstić information content (AvgIpc) is 2.31. The predicted octanol–water partition coefficient (Wildman–Crippen LogP) is 4.08. The fraction of sp³-hybridized carbons (Fsp3) is 0.571. The van der Waals surface area contributed by atoms with Gasteiger partial charge in [0.05, 0.1) is 6.61 Å². The zero-order valence-electron chi connectivity index (χ0n) is 10.6. The predicted molar refractivity (Wildman–Crippen MR) is 70.2 cm³/mol. The minimum atomic E-state index is 0.586. The molecule has 1 atom stereocenters. The largest absolute Gasteiger partial charge is 0.494 e. The third kappa shape index (κ3) is 4.13. The first-order valence-electron chi connectivity index (χ1n) is 6.29. The molecule has 0 saturated carbocycles. The molecule has 0 amide bonds. The maximum Gasteiger partial charge on any atom is 0.119 e. The molecule has 0 heterocycles. The van der Waals surface area contributed by atoms with Gasteiger partial charge in [0.25, 0.3) is 0 Å². The van der Waals surface area contributed by atoms with Crippen molar-refractivity contribution in [1.82, 2.24) is 0 Å². The minimum Gasteiger partial charge on any atom is -0.494 e. The lowest BCUT2D eigenvalue weighted by Crippen LogP contribution is -2.17. The molecule has 1 N–H and O–H groups in total. The van der Waals surface area contributed by atoms with E-state index in [1.165, 1.54) is 24.9 Å². The standard InChI is InChI=1S/C14H23NO/c1-4-7-12(5-2)15-13-8-10-14(11-9-13)16-6-3/h8-12,15H,4-7H2,1-3H3. The molecule has 0 saturated heterocycles. The maximum absolute atomic E-state index is 5.41. The van der Waals surface area contributed by atoms with E-state index in [-0.39, 0.29) is 0 Å². The highest BCUT2D eigenvalue weighted by atomic mass is 16.5. The highest BCUT2D eigenvalue weighted by molar-refractivity contribution is 5.47. The van der Waals surface area contributed by atoms with Crippen molar-refractivity contribution in [1.29, 1.82) is 0 Å². The first kappa shape index (κ1) is 12.9. The number of nitrogens with one attached hydrogen (secondary N) is 1. The second-order valence-electron chi connectivity index (χ2n) is 4.00. The molecule has 0 bridgehead atoms. The molecule has 0 aromatic heterocycles. The van der Waals surface area contributed by atoms with Crippen LogP contribution in [-0.4, -0.2) is 12.6 Å². The summed E-state index contributed by atoms with van der Waals surface area (Å²) in [6.45, 7) is 7.17. The van der Waals surface area contributed by atoms with Crippen molar-refractivity contribution < 1.29 is 4.74 Å². The van der Waals surface area contributed by atoms with Crippen LogP contribution in [0.5, 0.6) is 5.75 Å². The SMILES string of the molecule is CCCC(CC)Nc1ccc(OCC)cc1. The van der Waals surface area contributed by atoms with E-state index in [4.69, 9.17) is 4.74 Å². The van der Waals surface area contributed by atoms with Crippen LogP contribution in [0.15, 0.2) is 24.3 Å². The first-order chi connectivity index (χ1) is 7.80. The van der Waals surface area contributed by atoms with Crippen molar-refractivity contribution in [2.24, 2.45) is 0 Å². The van der Waals surface area contributed by atoms with E-state index >= 15 is 0 Å². The molecular formula is C14H23NO. The second kappa shape index (κ2) is 7.15. The van der Waals surface area contributed by atoms with E-state index in [2.05, 4.69) is 31.3 Å². The van der Waals surface area contributed by atoms with Crippen LogP contribution in [0.3, 0.4) is 0 Å². The van der Waals surface area contributed by atoms with E-state index in [9.17, 15) is 0 Å². The van der Waals surface area contributed by atoms with Crippen molar-refractivity contribution in [3.05, 3.63) is 24.3 Å². The van der Waals surface area contributed by atoms with Crippen LogP contribution in [0.1, 0.15) is 40.0 Å². The average molecular weight is 221 g/mol. The van der Waals surface area contributed by atoms with Gasteiger partial charge in [0.1, 0.15) is 5.75 Å². The van der Waals surface area contributed by atoms with Gasteiger partial charge in [-0.05, 0) is 44.0 Å². The molecule has 0 aliphatic rings. The molecular weight excluding hydrogens is 198 g/mol. The van der Waals surface area contributed by atoms with E-state index in [0.29, 0.717) is 6.04 Å². The third-order valence-corrected chi connectivity index (χ3v) is 2.67. The second-order valence-corrected chi connectivity index (χ2v) is 4.00. The molecule has 2 nitrogen and oxygen atoms in total. The molecule has 16 heavy (non-hydrogen) atoms.